The van der Waals surface area contributed by atoms with Crippen LogP contribution in [0.15, 0.2) is 41.4 Å². The normalized spacial score (nSPS) is 15.4. The molecule has 1 unspecified atom stereocenters. The minimum atomic E-state index is -1.15. The SMILES string of the molecule is CN=C(NC)Nc1ccc2c(c1)C(NCC(=O)NC[C@H](NC(=O)c1c(Cl)cccc1Cl)C(=O)OC)CCO2. The largest absolute Gasteiger partial charge is 0.493 e. The van der Waals surface area contributed by atoms with E-state index in [1.807, 2.05) is 18.2 Å². The minimum Gasteiger partial charge on any atom is -0.493 e. The van der Waals surface area contributed by atoms with Crippen LogP contribution in [0.3, 0.4) is 0 Å². The first-order valence-electron chi connectivity index (χ1n) is 11.8. The fraction of sp³-hybridized carbons (Fsp3) is 0.360. The van der Waals surface area contributed by atoms with Gasteiger partial charge in [0.2, 0.25) is 5.91 Å². The lowest BCUT2D eigenvalue weighted by Gasteiger charge is -2.27. The van der Waals surface area contributed by atoms with Crippen LogP contribution in [0.5, 0.6) is 5.75 Å². The first kappa shape index (κ1) is 29.0. The van der Waals surface area contributed by atoms with Gasteiger partial charge in [-0.05, 0) is 30.3 Å². The Balaban J connectivity index is 1.60. The van der Waals surface area contributed by atoms with Crippen LogP contribution < -0.4 is 31.3 Å². The van der Waals surface area contributed by atoms with Crippen molar-refractivity contribution in [2.75, 3.05) is 46.2 Å². The number of carbonyl (C=O) groups is 3. The van der Waals surface area contributed by atoms with Crippen molar-refractivity contribution in [2.45, 2.75) is 18.5 Å². The van der Waals surface area contributed by atoms with Crippen molar-refractivity contribution in [1.29, 1.82) is 0 Å². The molecule has 38 heavy (non-hydrogen) atoms. The van der Waals surface area contributed by atoms with E-state index >= 15 is 0 Å². The van der Waals surface area contributed by atoms with Crippen molar-refractivity contribution < 1.29 is 23.9 Å². The zero-order chi connectivity index (χ0) is 27.7. The Bertz CT molecular complexity index is 1190. The Kier molecular flexibility index (Phi) is 10.6. The number of hydrogen-bond donors (Lipinski definition) is 5. The number of benzene rings is 2. The molecule has 0 bridgehead atoms. The van der Waals surface area contributed by atoms with Crippen LogP contribution in [-0.2, 0) is 14.3 Å². The summed E-state index contributed by atoms with van der Waals surface area (Å²) in [6, 6.07) is 9.01. The van der Waals surface area contributed by atoms with E-state index in [1.165, 1.54) is 19.2 Å². The first-order chi connectivity index (χ1) is 18.3. The summed E-state index contributed by atoms with van der Waals surface area (Å²) in [6.45, 7) is 0.277. The van der Waals surface area contributed by atoms with Crippen LogP contribution >= 0.6 is 23.2 Å². The number of halogens is 2. The molecule has 2 aromatic rings. The monoisotopic (exact) mass is 564 g/mol. The number of rotatable bonds is 9. The number of ether oxygens (including phenoxy) is 2. The van der Waals surface area contributed by atoms with Crippen LogP contribution in [0.1, 0.15) is 28.4 Å². The van der Waals surface area contributed by atoms with Gasteiger partial charge in [-0.15, -0.1) is 0 Å². The Morgan fingerprint density at radius 1 is 1.18 bits per heavy atom. The highest BCUT2D eigenvalue weighted by molar-refractivity contribution is 6.39. The van der Waals surface area contributed by atoms with Gasteiger partial charge >= 0.3 is 5.97 Å². The van der Waals surface area contributed by atoms with Crippen molar-refractivity contribution in [3.63, 3.8) is 0 Å². The van der Waals surface area contributed by atoms with Crippen molar-refractivity contribution in [2.24, 2.45) is 4.99 Å². The third-order valence-corrected chi connectivity index (χ3v) is 6.40. The van der Waals surface area contributed by atoms with Crippen molar-refractivity contribution in [3.8, 4) is 5.75 Å². The molecule has 3 rings (SSSR count). The zero-order valence-electron chi connectivity index (χ0n) is 21.2. The van der Waals surface area contributed by atoms with Gasteiger partial charge in [0.1, 0.15) is 11.8 Å². The number of anilines is 1. The lowest BCUT2D eigenvalue weighted by Crippen LogP contribution is -2.50. The van der Waals surface area contributed by atoms with E-state index in [0.29, 0.717) is 19.0 Å². The number of hydrogen-bond acceptors (Lipinski definition) is 7. The van der Waals surface area contributed by atoms with E-state index in [2.05, 4.69) is 31.6 Å². The van der Waals surface area contributed by atoms with Crippen molar-refractivity contribution in [1.82, 2.24) is 21.3 Å². The molecule has 0 fully saturated rings. The van der Waals surface area contributed by atoms with Gasteiger partial charge in [0, 0.05) is 44.4 Å². The van der Waals surface area contributed by atoms with E-state index in [4.69, 9.17) is 32.7 Å². The molecule has 1 heterocycles. The quantitative estimate of drug-likeness (QED) is 0.177. The van der Waals surface area contributed by atoms with E-state index in [0.717, 1.165) is 17.0 Å². The van der Waals surface area contributed by atoms with E-state index in [9.17, 15) is 14.4 Å². The molecule has 13 heteroatoms. The average molecular weight is 565 g/mol. The fourth-order valence-electron chi connectivity index (χ4n) is 3.83. The predicted molar refractivity (Wildman–Crippen MR) is 146 cm³/mol. The van der Waals surface area contributed by atoms with Gasteiger partial charge in [0.25, 0.3) is 5.91 Å². The molecule has 2 amide bonds. The summed E-state index contributed by atoms with van der Waals surface area (Å²) in [5.74, 6) is -0.437. The number of methoxy groups -OCH3 is 1. The Hall–Kier alpha value is -3.54. The second-order valence-corrected chi connectivity index (χ2v) is 9.03. The number of guanidine groups is 1. The average Bonchev–Trinajstić information content (AvgIpc) is 2.92. The molecule has 5 N–H and O–H groups in total. The highest BCUT2D eigenvalue weighted by Crippen LogP contribution is 2.34. The van der Waals surface area contributed by atoms with E-state index in [1.54, 1.807) is 20.2 Å². The number of esters is 1. The number of amides is 2. The van der Waals surface area contributed by atoms with Crippen molar-refractivity contribution >= 4 is 52.6 Å². The number of aliphatic imine (C=N–C) groups is 1. The first-order valence-corrected chi connectivity index (χ1v) is 12.5. The lowest BCUT2D eigenvalue weighted by molar-refractivity contribution is -0.142. The van der Waals surface area contributed by atoms with Crippen LogP contribution in [0, 0.1) is 0 Å². The second-order valence-electron chi connectivity index (χ2n) is 8.22. The van der Waals surface area contributed by atoms with Gasteiger partial charge < -0.3 is 36.1 Å². The Morgan fingerprint density at radius 3 is 2.58 bits per heavy atom. The molecule has 0 aromatic heterocycles. The van der Waals surface area contributed by atoms with Gasteiger partial charge in [0.15, 0.2) is 5.96 Å². The number of fused-ring (bicyclic) bond motifs is 1. The number of nitrogens with one attached hydrogen (secondary N) is 5. The highest BCUT2D eigenvalue weighted by Gasteiger charge is 2.26. The van der Waals surface area contributed by atoms with Crippen LogP contribution in [0.25, 0.3) is 0 Å². The van der Waals surface area contributed by atoms with Gasteiger partial charge in [-0.2, -0.15) is 0 Å². The van der Waals surface area contributed by atoms with Gasteiger partial charge in [-0.1, -0.05) is 29.3 Å². The molecule has 0 spiro atoms. The molecule has 0 saturated heterocycles. The van der Waals surface area contributed by atoms with Crippen LogP contribution in [0.4, 0.5) is 5.69 Å². The molecule has 2 aromatic carbocycles. The third-order valence-electron chi connectivity index (χ3n) is 5.77. The molecule has 0 aliphatic carbocycles. The molecule has 11 nitrogen and oxygen atoms in total. The summed E-state index contributed by atoms with van der Waals surface area (Å²) in [5.41, 5.74) is 1.74. The molecular formula is C25H30Cl2N6O5. The van der Waals surface area contributed by atoms with E-state index < -0.39 is 17.9 Å². The number of nitrogens with zero attached hydrogens (tertiary/aromatic N) is 1. The standard InChI is InChI=1S/C25H30Cl2N6O5/c1-28-25(29-2)32-14-7-8-20-15(11-14)18(9-10-38-20)30-13-21(34)31-12-19(24(36)37-3)33-23(35)22-16(26)5-4-6-17(22)27/h4-8,11,18-19,30H,9-10,12-13H2,1-3H3,(H,31,34)(H,33,35)(H2,28,29,32)/t18?,19-/m0/s1. The summed E-state index contributed by atoms with van der Waals surface area (Å²) in [5, 5.41) is 14.8. The van der Waals surface area contributed by atoms with Crippen molar-refractivity contribution in [3.05, 3.63) is 57.6 Å². The summed E-state index contributed by atoms with van der Waals surface area (Å²) >= 11 is 12.2. The Labute approximate surface area is 230 Å². The summed E-state index contributed by atoms with van der Waals surface area (Å²) < 4.78 is 10.5. The van der Waals surface area contributed by atoms with Gasteiger partial charge in [-0.3, -0.25) is 14.6 Å². The lowest BCUT2D eigenvalue weighted by atomic mass is 9.99. The fourth-order valence-corrected chi connectivity index (χ4v) is 4.40. The second kappa shape index (κ2) is 13.8. The Morgan fingerprint density at radius 2 is 1.92 bits per heavy atom. The molecule has 0 saturated carbocycles. The predicted octanol–water partition coefficient (Wildman–Crippen LogP) is 2.11. The molecule has 1 aliphatic rings. The smallest absolute Gasteiger partial charge is 0.330 e. The van der Waals surface area contributed by atoms with Gasteiger partial charge in [-0.25, -0.2) is 4.79 Å². The summed E-state index contributed by atoms with van der Waals surface area (Å²) in [7, 11) is 4.62. The minimum absolute atomic E-state index is 0.0248. The van der Waals surface area contributed by atoms with Crippen LogP contribution in [0.2, 0.25) is 10.0 Å². The maximum absolute atomic E-state index is 12.7. The highest BCUT2D eigenvalue weighted by atomic mass is 35.5. The third kappa shape index (κ3) is 7.50. The number of carbonyl (C=O) groups excluding carboxylic acids is 3. The van der Waals surface area contributed by atoms with Gasteiger partial charge in [0.05, 0.1) is 35.9 Å². The molecule has 0 radical (unpaired) electrons. The maximum Gasteiger partial charge on any atom is 0.330 e. The van der Waals surface area contributed by atoms with E-state index in [-0.39, 0.29) is 40.6 Å². The maximum atomic E-state index is 12.7. The van der Waals surface area contributed by atoms with Crippen LogP contribution in [-0.4, -0.2) is 70.7 Å². The summed E-state index contributed by atoms with van der Waals surface area (Å²) in [4.78, 5) is 41.7. The topological polar surface area (TPSA) is 142 Å². The molecule has 1 aliphatic heterocycles. The molecule has 2 atom stereocenters. The zero-order valence-corrected chi connectivity index (χ0v) is 22.7. The molecule has 204 valence electrons. The molecular weight excluding hydrogens is 535 g/mol. The summed E-state index contributed by atoms with van der Waals surface area (Å²) in [6.07, 6.45) is 0.657.